The van der Waals surface area contributed by atoms with Crippen molar-refractivity contribution in [1.82, 2.24) is 14.5 Å². The van der Waals surface area contributed by atoms with Gasteiger partial charge in [-0.05, 0) is 36.2 Å². The van der Waals surface area contributed by atoms with Crippen molar-refractivity contribution < 1.29 is 0 Å². The second-order valence-corrected chi connectivity index (χ2v) is 4.41. The van der Waals surface area contributed by atoms with Gasteiger partial charge in [-0.1, -0.05) is 6.07 Å². The predicted octanol–water partition coefficient (Wildman–Crippen LogP) is 2.24. The van der Waals surface area contributed by atoms with E-state index in [-0.39, 0.29) is 5.69 Å². The fourth-order valence-corrected chi connectivity index (χ4v) is 2.16. The summed E-state index contributed by atoms with van der Waals surface area (Å²) in [6, 6.07) is 7.92. The molecular formula is C14H13N3O. The van der Waals surface area contributed by atoms with Gasteiger partial charge in [0.1, 0.15) is 0 Å². The van der Waals surface area contributed by atoms with E-state index in [1.807, 2.05) is 30.5 Å². The first kappa shape index (κ1) is 10.8. The molecule has 0 spiro atoms. The fraction of sp³-hybridized carbons (Fsp3) is 0.143. The normalized spacial score (nSPS) is 11.0. The van der Waals surface area contributed by atoms with E-state index in [2.05, 4.69) is 16.9 Å². The summed E-state index contributed by atoms with van der Waals surface area (Å²) in [4.78, 5) is 18.5. The van der Waals surface area contributed by atoms with Crippen LogP contribution in [0.4, 0.5) is 0 Å². The van der Waals surface area contributed by atoms with E-state index in [1.165, 1.54) is 5.56 Å². The third-order valence-corrected chi connectivity index (χ3v) is 3.26. The molecule has 0 atom stereocenters. The van der Waals surface area contributed by atoms with E-state index < -0.39 is 0 Å². The summed E-state index contributed by atoms with van der Waals surface area (Å²) in [7, 11) is 1.76. The van der Waals surface area contributed by atoms with Crippen molar-refractivity contribution in [1.29, 1.82) is 0 Å². The van der Waals surface area contributed by atoms with Gasteiger partial charge in [-0.25, -0.2) is 4.79 Å². The summed E-state index contributed by atoms with van der Waals surface area (Å²) in [6.45, 7) is 2.05. The number of H-pyrrole nitrogens is 1. The Labute approximate surface area is 104 Å². The molecule has 4 nitrogen and oxygen atoms in total. The molecule has 3 rings (SSSR count). The standard InChI is InChI=1S/C14H13N3O/c1-9-5-6-15-8-11(9)10-3-4-12-13(7-10)17(2)14(18)16-12/h3-8H,1-2H3,(H,16,18). The van der Waals surface area contributed by atoms with Crippen molar-refractivity contribution in [2.75, 3.05) is 0 Å². The molecule has 0 aliphatic carbocycles. The number of benzene rings is 1. The van der Waals surface area contributed by atoms with Gasteiger partial charge in [0, 0.05) is 25.0 Å². The van der Waals surface area contributed by atoms with Crippen molar-refractivity contribution in [3.8, 4) is 11.1 Å². The van der Waals surface area contributed by atoms with E-state index in [4.69, 9.17) is 0 Å². The van der Waals surface area contributed by atoms with E-state index >= 15 is 0 Å². The molecule has 0 radical (unpaired) electrons. The predicted molar refractivity (Wildman–Crippen MR) is 71.5 cm³/mol. The number of aromatic nitrogens is 3. The lowest BCUT2D eigenvalue weighted by Gasteiger charge is -2.05. The van der Waals surface area contributed by atoms with Crippen LogP contribution in [0.25, 0.3) is 22.2 Å². The number of aromatic amines is 1. The number of hydrogen-bond acceptors (Lipinski definition) is 2. The maximum absolute atomic E-state index is 11.5. The largest absolute Gasteiger partial charge is 0.326 e. The quantitative estimate of drug-likeness (QED) is 0.708. The first-order chi connectivity index (χ1) is 8.66. The molecule has 0 aliphatic heterocycles. The SMILES string of the molecule is Cc1ccncc1-c1ccc2[nH]c(=O)n(C)c2c1. The van der Waals surface area contributed by atoms with Crippen LogP contribution in [-0.4, -0.2) is 14.5 Å². The molecule has 0 fully saturated rings. The second-order valence-electron chi connectivity index (χ2n) is 4.41. The number of rotatable bonds is 1. The molecule has 90 valence electrons. The van der Waals surface area contributed by atoms with Gasteiger partial charge < -0.3 is 4.98 Å². The Kier molecular flexibility index (Phi) is 2.30. The molecule has 0 unspecified atom stereocenters. The van der Waals surface area contributed by atoms with Crippen LogP contribution < -0.4 is 5.69 Å². The molecule has 1 aromatic carbocycles. The summed E-state index contributed by atoms with van der Waals surface area (Å²) in [5.41, 5.74) is 5.00. The first-order valence-electron chi connectivity index (χ1n) is 5.76. The van der Waals surface area contributed by atoms with Crippen molar-refractivity contribution in [2.45, 2.75) is 6.92 Å². The van der Waals surface area contributed by atoms with Crippen molar-refractivity contribution >= 4 is 11.0 Å². The Balaban J connectivity index is 2.28. The van der Waals surface area contributed by atoms with Crippen molar-refractivity contribution in [2.24, 2.45) is 7.05 Å². The molecule has 0 saturated heterocycles. The Morgan fingerprint density at radius 1 is 1.28 bits per heavy atom. The van der Waals surface area contributed by atoms with Crippen LogP contribution in [0.3, 0.4) is 0 Å². The minimum absolute atomic E-state index is 0.0925. The van der Waals surface area contributed by atoms with Gasteiger partial charge >= 0.3 is 5.69 Å². The van der Waals surface area contributed by atoms with Gasteiger partial charge in [0.2, 0.25) is 0 Å². The minimum Gasteiger partial charge on any atom is -0.306 e. The van der Waals surface area contributed by atoms with Crippen LogP contribution in [0.5, 0.6) is 0 Å². The van der Waals surface area contributed by atoms with E-state index in [0.29, 0.717) is 0 Å². The number of fused-ring (bicyclic) bond motifs is 1. The van der Waals surface area contributed by atoms with Crippen molar-refractivity contribution in [3.05, 3.63) is 52.7 Å². The molecule has 0 saturated carbocycles. The smallest absolute Gasteiger partial charge is 0.306 e. The van der Waals surface area contributed by atoms with E-state index in [0.717, 1.165) is 22.2 Å². The summed E-state index contributed by atoms with van der Waals surface area (Å²) in [6.07, 6.45) is 3.63. The molecular weight excluding hydrogens is 226 g/mol. The highest BCUT2D eigenvalue weighted by molar-refractivity contribution is 5.82. The number of imidazole rings is 1. The maximum atomic E-state index is 11.5. The molecule has 4 heteroatoms. The van der Waals surface area contributed by atoms with Crippen LogP contribution in [0.1, 0.15) is 5.56 Å². The summed E-state index contributed by atoms with van der Waals surface area (Å²) >= 11 is 0. The van der Waals surface area contributed by atoms with Crippen LogP contribution in [0.2, 0.25) is 0 Å². The summed E-state index contributed by atoms with van der Waals surface area (Å²) < 4.78 is 1.62. The number of aryl methyl sites for hydroxylation is 2. The lowest BCUT2D eigenvalue weighted by atomic mass is 10.0. The first-order valence-corrected chi connectivity index (χ1v) is 5.76. The average Bonchev–Trinajstić information content (AvgIpc) is 2.66. The van der Waals surface area contributed by atoms with E-state index in [1.54, 1.807) is 17.8 Å². The summed E-state index contributed by atoms with van der Waals surface area (Å²) in [5.74, 6) is 0. The van der Waals surface area contributed by atoms with Gasteiger partial charge in [0.25, 0.3) is 0 Å². The summed E-state index contributed by atoms with van der Waals surface area (Å²) in [5, 5.41) is 0. The van der Waals surface area contributed by atoms with Crippen molar-refractivity contribution in [3.63, 3.8) is 0 Å². The number of nitrogens with zero attached hydrogens (tertiary/aromatic N) is 2. The Morgan fingerprint density at radius 3 is 2.89 bits per heavy atom. The maximum Gasteiger partial charge on any atom is 0.326 e. The van der Waals surface area contributed by atoms with Gasteiger partial charge in [-0.3, -0.25) is 9.55 Å². The second kappa shape index (κ2) is 3.84. The zero-order valence-electron chi connectivity index (χ0n) is 10.3. The Hall–Kier alpha value is -2.36. The van der Waals surface area contributed by atoms with E-state index in [9.17, 15) is 4.79 Å². The van der Waals surface area contributed by atoms with Crippen LogP contribution >= 0.6 is 0 Å². The van der Waals surface area contributed by atoms with Gasteiger partial charge in [0.15, 0.2) is 0 Å². The third kappa shape index (κ3) is 1.54. The molecule has 3 aromatic rings. The molecule has 2 aromatic heterocycles. The topological polar surface area (TPSA) is 50.7 Å². The molecule has 18 heavy (non-hydrogen) atoms. The minimum atomic E-state index is -0.0925. The average molecular weight is 239 g/mol. The zero-order chi connectivity index (χ0) is 12.7. The highest BCUT2D eigenvalue weighted by Crippen LogP contribution is 2.24. The van der Waals surface area contributed by atoms with Crippen LogP contribution in [0, 0.1) is 6.92 Å². The number of hydrogen-bond donors (Lipinski definition) is 1. The van der Waals surface area contributed by atoms with Gasteiger partial charge in [0.05, 0.1) is 11.0 Å². The highest BCUT2D eigenvalue weighted by Gasteiger charge is 2.06. The lowest BCUT2D eigenvalue weighted by molar-refractivity contribution is 0.892. The Bertz CT molecular complexity index is 783. The lowest BCUT2D eigenvalue weighted by Crippen LogP contribution is -2.11. The van der Waals surface area contributed by atoms with Crippen LogP contribution in [0.15, 0.2) is 41.5 Å². The fourth-order valence-electron chi connectivity index (χ4n) is 2.16. The number of pyridine rings is 1. The third-order valence-electron chi connectivity index (χ3n) is 3.26. The van der Waals surface area contributed by atoms with Gasteiger partial charge in [-0.15, -0.1) is 0 Å². The molecule has 2 heterocycles. The van der Waals surface area contributed by atoms with Crippen LogP contribution in [-0.2, 0) is 7.05 Å². The monoisotopic (exact) mass is 239 g/mol. The molecule has 1 N–H and O–H groups in total. The molecule has 0 amide bonds. The highest BCUT2D eigenvalue weighted by atomic mass is 16.1. The zero-order valence-corrected chi connectivity index (χ0v) is 10.3. The number of nitrogens with one attached hydrogen (secondary N) is 1. The molecule has 0 aliphatic rings. The molecule has 0 bridgehead atoms. The Morgan fingerprint density at radius 2 is 2.11 bits per heavy atom. The van der Waals surface area contributed by atoms with Gasteiger partial charge in [-0.2, -0.15) is 0 Å².